The van der Waals surface area contributed by atoms with E-state index in [0.29, 0.717) is 6.61 Å². The third-order valence-corrected chi connectivity index (χ3v) is 3.68. The molecule has 20 heavy (non-hydrogen) atoms. The van der Waals surface area contributed by atoms with Gasteiger partial charge in [0.05, 0.1) is 13.7 Å². The van der Waals surface area contributed by atoms with Gasteiger partial charge in [-0.1, -0.05) is 18.6 Å². The van der Waals surface area contributed by atoms with Crippen LogP contribution in [0.4, 0.5) is 0 Å². The van der Waals surface area contributed by atoms with Crippen molar-refractivity contribution in [2.45, 2.75) is 32.2 Å². The van der Waals surface area contributed by atoms with E-state index < -0.39 is 0 Å². The maximum Gasteiger partial charge on any atom is 0.328 e. The van der Waals surface area contributed by atoms with Crippen LogP contribution in [0, 0.1) is 0 Å². The highest BCUT2D eigenvalue weighted by Gasteiger charge is 2.30. The highest BCUT2D eigenvalue weighted by molar-refractivity contribution is 5.77. The molecule has 4 nitrogen and oxygen atoms in total. The smallest absolute Gasteiger partial charge is 0.328 e. The van der Waals surface area contributed by atoms with Crippen molar-refractivity contribution in [3.05, 3.63) is 29.8 Å². The van der Waals surface area contributed by atoms with Crippen molar-refractivity contribution in [3.63, 3.8) is 0 Å². The molecule has 1 aromatic carbocycles. The molecule has 0 amide bonds. The van der Waals surface area contributed by atoms with Gasteiger partial charge in [-0.15, -0.1) is 0 Å². The molecule has 1 saturated heterocycles. The fourth-order valence-electron chi connectivity index (χ4n) is 2.71. The average Bonchev–Trinajstić information content (AvgIpc) is 2.49. The molecule has 4 heteroatoms. The van der Waals surface area contributed by atoms with Gasteiger partial charge in [0.15, 0.2) is 0 Å². The van der Waals surface area contributed by atoms with Crippen LogP contribution in [0.25, 0.3) is 0 Å². The van der Waals surface area contributed by atoms with Gasteiger partial charge in [-0.2, -0.15) is 0 Å². The van der Waals surface area contributed by atoms with Crippen LogP contribution in [-0.4, -0.2) is 37.7 Å². The Morgan fingerprint density at radius 1 is 1.30 bits per heavy atom. The van der Waals surface area contributed by atoms with Gasteiger partial charge in [0, 0.05) is 0 Å². The fourth-order valence-corrected chi connectivity index (χ4v) is 2.71. The molecule has 0 N–H and O–H groups in total. The summed E-state index contributed by atoms with van der Waals surface area (Å²) in [6.45, 7) is 4.14. The lowest BCUT2D eigenvalue weighted by molar-refractivity contribution is -0.150. The van der Waals surface area contributed by atoms with E-state index in [0.717, 1.165) is 37.2 Å². The number of piperidine rings is 1. The van der Waals surface area contributed by atoms with Crippen molar-refractivity contribution < 1.29 is 14.3 Å². The Hall–Kier alpha value is -1.55. The summed E-state index contributed by atoms with van der Waals surface area (Å²) in [7, 11) is 1.64. The van der Waals surface area contributed by atoms with Crippen molar-refractivity contribution >= 4 is 5.97 Å². The Bertz CT molecular complexity index is 441. The summed E-state index contributed by atoms with van der Waals surface area (Å²) in [6, 6.07) is 7.39. The van der Waals surface area contributed by atoms with Crippen molar-refractivity contribution in [2.75, 3.05) is 26.8 Å². The van der Waals surface area contributed by atoms with E-state index in [1.165, 1.54) is 6.42 Å². The van der Waals surface area contributed by atoms with Crippen LogP contribution < -0.4 is 4.74 Å². The number of likely N-dealkylation sites (tertiary alicyclic amines) is 1. The van der Waals surface area contributed by atoms with Gasteiger partial charge >= 0.3 is 5.97 Å². The molecule has 1 aromatic rings. The predicted octanol–water partition coefficient (Wildman–Crippen LogP) is 2.79. The number of carbonyl (C=O) groups is 1. The maximum absolute atomic E-state index is 12.3. The summed E-state index contributed by atoms with van der Waals surface area (Å²) in [5.74, 6) is 0.608. The van der Waals surface area contributed by atoms with Crippen LogP contribution in [-0.2, 0) is 9.53 Å². The monoisotopic (exact) mass is 277 g/mol. The van der Waals surface area contributed by atoms with E-state index in [9.17, 15) is 4.79 Å². The number of benzene rings is 1. The molecule has 0 saturated carbocycles. The van der Waals surface area contributed by atoms with E-state index in [2.05, 4.69) is 4.90 Å². The third-order valence-electron chi connectivity index (χ3n) is 3.68. The molecule has 0 aromatic heterocycles. The van der Waals surface area contributed by atoms with E-state index in [1.54, 1.807) is 7.11 Å². The van der Waals surface area contributed by atoms with E-state index >= 15 is 0 Å². The van der Waals surface area contributed by atoms with Gasteiger partial charge in [0.1, 0.15) is 11.8 Å². The summed E-state index contributed by atoms with van der Waals surface area (Å²) < 4.78 is 10.5. The van der Waals surface area contributed by atoms with Gasteiger partial charge in [0.25, 0.3) is 0 Å². The number of hydrogen-bond acceptors (Lipinski definition) is 4. The lowest BCUT2D eigenvalue weighted by atomic mass is 10.0. The number of rotatable bonds is 5. The lowest BCUT2D eigenvalue weighted by Gasteiger charge is -2.33. The van der Waals surface area contributed by atoms with Crippen molar-refractivity contribution in [2.24, 2.45) is 0 Å². The van der Waals surface area contributed by atoms with Crippen LogP contribution >= 0.6 is 0 Å². The Morgan fingerprint density at radius 2 is 2.05 bits per heavy atom. The molecule has 0 spiro atoms. The number of nitrogens with zero attached hydrogens (tertiary/aromatic N) is 1. The lowest BCUT2D eigenvalue weighted by Crippen LogP contribution is -2.38. The van der Waals surface area contributed by atoms with E-state index in [-0.39, 0.29) is 12.0 Å². The molecule has 1 unspecified atom stereocenters. The Labute approximate surface area is 120 Å². The second-order valence-electron chi connectivity index (χ2n) is 5.03. The zero-order valence-electron chi connectivity index (χ0n) is 12.3. The Kier molecular flexibility index (Phi) is 5.41. The van der Waals surface area contributed by atoms with Crippen LogP contribution in [0.15, 0.2) is 24.3 Å². The molecule has 1 aliphatic heterocycles. The highest BCUT2D eigenvalue weighted by atomic mass is 16.5. The second kappa shape index (κ2) is 7.29. The molecule has 1 atom stereocenters. The third kappa shape index (κ3) is 3.51. The summed E-state index contributed by atoms with van der Waals surface area (Å²) in [5, 5.41) is 0. The standard InChI is InChI=1S/C16H23NO3/c1-3-20-16(18)15(17-10-5-4-6-11-17)13-8-7-9-14(12-13)19-2/h7-9,12,15H,3-6,10-11H2,1-2H3. The zero-order chi connectivity index (χ0) is 14.4. The second-order valence-corrected chi connectivity index (χ2v) is 5.03. The number of esters is 1. The number of hydrogen-bond donors (Lipinski definition) is 0. The van der Waals surface area contributed by atoms with E-state index in [1.807, 2.05) is 31.2 Å². The molecule has 1 heterocycles. The SMILES string of the molecule is CCOC(=O)C(c1cccc(OC)c1)N1CCCCC1. The van der Waals surface area contributed by atoms with Crippen LogP contribution in [0.2, 0.25) is 0 Å². The zero-order valence-corrected chi connectivity index (χ0v) is 12.3. The first-order valence-electron chi connectivity index (χ1n) is 7.31. The highest BCUT2D eigenvalue weighted by Crippen LogP contribution is 2.28. The molecular formula is C16H23NO3. The van der Waals surface area contributed by atoms with Gasteiger partial charge in [-0.05, 0) is 50.6 Å². The topological polar surface area (TPSA) is 38.8 Å². The van der Waals surface area contributed by atoms with Gasteiger partial charge in [-0.25, -0.2) is 4.79 Å². The first-order valence-corrected chi connectivity index (χ1v) is 7.31. The summed E-state index contributed by atoms with van der Waals surface area (Å²) in [6.07, 6.45) is 3.52. The first kappa shape index (κ1) is 14.9. The molecule has 0 aliphatic carbocycles. The minimum atomic E-state index is -0.314. The number of carbonyl (C=O) groups excluding carboxylic acids is 1. The van der Waals surface area contributed by atoms with Crippen LogP contribution in [0.1, 0.15) is 37.8 Å². The molecule has 1 fully saturated rings. The normalized spacial score (nSPS) is 17.5. The average molecular weight is 277 g/mol. The quantitative estimate of drug-likeness (QED) is 0.776. The van der Waals surface area contributed by atoms with E-state index in [4.69, 9.17) is 9.47 Å². The molecule has 0 bridgehead atoms. The summed E-state index contributed by atoms with van der Waals surface area (Å²) >= 11 is 0. The first-order chi connectivity index (χ1) is 9.76. The molecule has 2 rings (SSSR count). The van der Waals surface area contributed by atoms with Crippen molar-refractivity contribution in [3.8, 4) is 5.75 Å². The van der Waals surface area contributed by atoms with Crippen LogP contribution in [0.5, 0.6) is 5.75 Å². The fraction of sp³-hybridized carbons (Fsp3) is 0.562. The molecule has 1 aliphatic rings. The summed E-state index contributed by atoms with van der Waals surface area (Å²) in [4.78, 5) is 14.6. The predicted molar refractivity (Wildman–Crippen MR) is 77.8 cm³/mol. The van der Waals surface area contributed by atoms with Gasteiger partial charge in [-0.3, -0.25) is 4.90 Å². The maximum atomic E-state index is 12.3. The Balaban J connectivity index is 2.26. The number of methoxy groups -OCH3 is 1. The molecule has 0 radical (unpaired) electrons. The Morgan fingerprint density at radius 3 is 2.70 bits per heavy atom. The van der Waals surface area contributed by atoms with Crippen LogP contribution in [0.3, 0.4) is 0 Å². The largest absolute Gasteiger partial charge is 0.497 e. The van der Waals surface area contributed by atoms with Crippen molar-refractivity contribution in [1.29, 1.82) is 0 Å². The minimum Gasteiger partial charge on any atom is -0.497 e. The molecule has 110 valence electrons. The molecular weight excluding hydrogens is 254 g/mol. The van der Waals surface area contributed by atoms with Gasteiger partial charge in [0.2, 0.25) is 0 Å². The number of ether oxygens (including phenoxy) is 2. The van der Waals surface area contributed by atoms with Gasteiger partial charge < -0.3 is 9.47 Å². The van der Waals surface area contributed by atoms with Crippen molar-refractivity contribution in [1.82, 2.24) is 4.90 Å². The minimum absolute atomic E-state index is 0.164. The summed E-state index contributed by atoms with van der Waals surface area (Å²) in [5.41, 5.74) is 0.949.